The first-order chi connectivity index (χ1) is 6.72. The van der Waals surface area contributed by atoms with Gasteiger partial charge in [0, 0.05) is 6.42 Å². The molecule has 76 valence electrons. The van der Waals surface area contributed by atoms with E-state index in [4.69, 9.17) is 0 Å². The molecule has 14 heavy (non-hydrogen) atoms. The van der Waals surface area contributed by atoms with Crippen LogP contribution in [0.3, 0.4) is 0 Å². The first kappa shape index (κ1) is 11.3. The molecule has 0 aliphatic heterocycles. The molecule has 0 aromatic heterocycles. The lowest BCUT2D eigenvalue weighted by molar-refractivity contribution is -0.115. The first-order valence-corrected chi connectivity index (χ1v) is 6.03. The molecule has 1 nitrogen and oxygen atoms in total. The van der Waals surface area contributed by atoms with E-state index in [1.165, 1.54) is 5.56 Å². The molecule has 1 rings (SSSR count). The number of thioether (sulfide) groups is 1. The zero-order valence-electron chi connectivity index (χ0n) is 8.75. The first-order valence-electron chi connectivity index (χ1n) is 4.87. The summed E-state index contributed by atoms with van der Waals surface area (Å²) >= 11 is 1.69. The molecule has 0 amide bonds. The fraction of sp³-hybridized carbons (Fsp3) is 0.417. The van der Waals surface area contributed by atoms with Crippen LogP contribution in [0.4, 0.5) is 0 Å². The quantitative estimate of drug-likeness (QED) is 0.740. The van der Waals surface area contributed by atoms with Crippen molar-refractivity contribution < 1.29 is 4.79 Å². The van der Waals surface area contributed by atoms with Gasteiger partial charge in [-0.2, -0.15) is 11.8 Å². The van der Waals surface area contributed by atoms with Crippen LogP contribution >= 0.6 is 11.8 Å². The highest BCUT2D eigenvalue weighted by Crippen LogP contribution is 2.07. The lowest BCUT2D eigenvalue weighted by atomic mass is 10.1. The van der Waals surface area contributed by atoms with Gasteiger partial charge < -0.3 is 0 Å². The van der Waals surface area contributed by atoms with Crippen LogP contribution in [0.2, 0.25) is 0 Å². The summed E-state index contributed by atoms with van der Waals surface area (Å²) in [5.74, 6) is 1.98. The molecule has 0 aliphatic rings. The molecule has 0 unspecified atom stereocenters. The van der Waals surface area contributed by atoms with E-state index in [0.29, 0.717) is 18.0 Å². The molecule has 0 spiro atoms. The van der Waals surface area contributed by atoms with E-state index in [0.717, 1.165) is 11.3 Å². The molecule has 0 aliphatic carbocycles. The molecule has 0 saturated carbocycles. The smallest absolute Gasteiger partial charge is 0.147 e. The van der Waals surface area contributed by atoms with Gasteiger partial charge in [-0.25, -0.2) is 0 Å². The second-order valence-corrected chi connectivity index (χ2v) is 4.62. The number of rotatable bonds is 5. The summed E-state index contributed by atoms with van der Waals surface area (Å²) in [6.45, 7) is 4.12. The Balaban J connectivity index is 2.47. The topological polar surface area (TPSA) is 17.1 Å². The third-order valence-corrected chi connectivity index (χ3v) is 2.89. The average molecular weight is 208 g/mol. The maximum atomic E-state index is 11.5. The third kappa shape index (κ3) is 3.97. The van der Waals surface area contributed by atoms with Crippen molar-refractivity contribution >= 4 is 17.5 Å². The van der Waals surface area contributed by atoms with Crippen LogP contribution in [0.25, 0.3) is 0 Å². The van der Waals surface area contributed by atoms with Gasteiger partial charge in [0.2, 0.25) is 0 Å². The molecule has 0 bridgehead atoms. The Kier molecular flexibility index (Phi) is 4.74. The molecule has 1 aromatic rings. The van der Waals surface area contributed by atoms with Gasteiger partial charge >= 0.3 is 0 Å². The van der Waals surface area contributed by atoms with E-state index in [1.54, 1.807) is 11.8 Å². The van der Waals surface area contributed by atoms with Crippen LogP contribution in [-0.2, 0) is 11.2 Å². The van der Waals surface area contributed by atoms with E-state index in [2.05, 4.69) is 26.0 Å². The highest BCUT2D eigenvalue weighted by molar-refractivity contribution is 7.99. The predicted molar refractivity (Wildman–Crippen MR) is 62.9 cm³/mol. The van der Waals surface area contributed by atoms with E-state index in [9.17, 15) is 4.79 Å². The van der Waals surface area contributed by atoms with Gasteiger partial charge in [-0.05, 0) is 18.2 Å². The number of carbonyl (C=O) groups is 1. The molecular weight excluding hydrogens is 192 g/mol. The monoisotopic (exact) mass is 208 g/mol. The molecule has 2 heteroatoms. The summed E-state index contributed by atoms with van der Waals surface area (Å²) in [6.07, 6.45) is 0.578. The van der Waals surface area contributed by atoms with Crippen molar-refractivity contribution in [1.82, 2.24) is 0 Å². The van der Waals surface area contributed by atoms with Crippen molar-refractivity contribution in [3.8, 4) is 0 Å². The van der Waals surface area contributed by atoms with Crippen LogP contribution in [0.15, 0.2) is 24.3 Å². The number of benzene rings is 1. The van der Waals surface area contributed by atoms with Gasteiger partial charge in [-0.3, -0.25) is 4.79 Å². The average Bonchev–Trinajstić information content (AvgIpc) is 2.15. The molecule has 0 atom stereocenters. The van der Waals surface area contributed by atoms with E-state index in [-0.39, 0.29) is 0 Å². The summed E-state index contributed by atoms with van der Waals surface area (Å²) < 4.78 is 0. The van der Waals surface area contributed by atoms with Crippen LogP contribution < -0.4 is 0 Å². The number of aryl methyl sites for hydroxylation is 1. The van der Waals surface area contributed by atoms with Crippen molar-refractivity contribution in [2.45, 2.75) is 20.3 Å². The number of carbonyl (C=O) groups excluding carboxylic acids is 1. The van der Waals surface area contributed by atoms with Crippen molar-refractivity contribution in [1.29, 1.82) is 0 Å². The normalized spacial score (nSPS) is 10.1. The van der Waals surface area contributed by atoms with Crippen LogP contribution in [0, 0.1) is 6.92 Å². The summed E-state index contributed by atoms with van der Waals surface area (Å²) in [4.78, 5) is 11.5. The zero-order chi connectivity index (χ0) is 10.4. The summed E-state index contributed by atoms with van der Waals surface area (Å²) in [5.41, 5.74) is 2.35. The van der Waals surface area contributed by atoms with Crippen molar-refractivity contribution in [3.63, 3.8) is 0 Å². The Morgan fingerprint density at radius 2 is 2.21 bits per heavy atom. The van der Waals surface area contributed by atoms with Gasteiger partial charge in [0.15, 0.2) is 0 Å². The molecule has 0 saturated heterocycles. The Labute approximate surface area is 89.9 Å². The standard InChI is InChI=1S/C12H16OS/c1-3-14-9-12(13)8-11-6-4-5-10(2)7-11/h4-7H,3,8-9H2,1-2H3. The second-order valence-electron chi connectivity index (χ2n) is 3.34. The largest absolute Gasteiger partial charge is 0.298 e. The Bertz CT molecular complexity index is 307. The number of hydrogen-bond acceptors (Lipinski definition) is 2. The van der Waals surface area contributed by atoms with E-state index in [1.807, 2.05) is 12.1 Å². The Hall–Kier alpha value is -0.760. The van der Waals surface area contributed by atoms with Gasteiger partial charge in [0.1, 0.15) is 5.78 Å². The molecule has 0 fully saturated rings. The minimum absolute atomic E-state index is 0.322. The van der Waals surface area contributed by atoms with Gasteiger partial charge in [-0.15, -0.1) is 0 Å². The van der Waals surface area contributed by atoms with E-state index < -0.39 is 0 Å². The Morgan fingerprint density at radius 3 is 2.86 bits per heavy atom. The SMILES string of the molecule is CCSCC(=O)Cc1cccc(C)c1. The van der Waals surface area contributed by atoms with Crippen LogP contribution in [0.1, 0.15) is 18.1 Å². The van der Waals surface area contributed by atoms with Gasteiger partial charge in [0.05, 0.1) is 5.75 Å². The Morgan fingerprint density at radius 1 is 1.43 bits per heavy atom. The lowest BCUT2D eigenvalue weighted by Crippen LogP contribution is -2.05. The molecular formula is C12H16OS. The highest BCUT2D eigenvalue weighted by Gasteiger charge is 2.02. The molecule has 0 heterocycles. The molecule has 0 radical (unpaired) electrons. The number of Topliss-reactive ketones (excluding diaryl/α,β-unsaturated/α-hetero) is 1. The highest BCUT2D eigenvalue weighted by atomic mass is 32.2. The minimum atomic E-state index is 0.322. The maximum absolute atomic E-state index is 11.5. The summed E-state index contributed by atoms with van der Waals surface area (Å²) in [6, 6.07) is 8.15. The zero-order valence-corrected chi connectivity index (χ0v) is 9.56. The molecule has 1 aromatic carbocycles. The van der Waals surface area contributed by atoms with Crippen LogP contribution in [0.5, 0.6) is 0 Å². The maximum Gasteiger partial charge on any atom is 0.147 e. The summed E-state index contributed by atoms with van der Waals surface area (Å²) in [7, 11) is 0. The van der Waals surface area contributed by atoms with Gasteiger partial charge in [-0.1, -0.05) is 36.8 Å². The van der Waals surface area contributed by atoms with Crippen molar-refractivity contribution in [2.75, 3.05) is 11.5 Å². The fourth-order valence-corrected chi connectivity index (χ4v) is 1.85. The minimum Gasteiger partial charge on any atom is -0.298 e. The second kappa shape index (κ2) is 5.86. The van der Waals surface area contributed by atoms with Gasteiger partial charge in [0.25, 0.3) is 0 Å². The van der Waals surface area contributed by atoms with E-state index >= 15 is 0 Å². The number of hydrogen-bond donors (Lipinski definition) is 0. The predicted octanol–water partition coefficient (Wildman–Crippen LogP) is 2.86. The lowest BCUT2D eigenvalue weighted by Gasteiger charge is -2.01. The van der Waals surface area contributed by atoms with Crippen molar-refractivity contribution in [2.24, 2.45) is 0 Å². The molecule has 0 N–H and O–H groups in total. The summed E-state index contributed by atoms with van der Waals surface area (Å²) in [5, 5.41) is 0. The van der Waals surface area contributed by atoms with Crippen molar-refractivity contribution in [3.05, 3.63) is 35.4 Å². The van der Waals surface area contributed by atoms with Crippen LogP contribution in [-0.4, -0.2) is 17.3 Å². The third-order valence-electron chi connectivity index (χ3n) is 1.95. The fourth-order valence-electron chi connectivity index (χ4n) is 1.32. The number of ketones is 1.